The molecule has 0 amide bonds. The Labute approximate surface area is 139 Å². The minimum absolute atomic E-state index is 0.0782. The van der Waals surface area contributed by atoms with Gasteiger partial charge in [-0.1, -0.05) is 19.1 Å². The maximum atomic E-state index is 12.3. The van der Waals surface area contributed by atoms with Gasteiger partial charge in [-0.2, -0.15) is 0 Å². The normalized spacial score (nSPS) is 11.5. The van der Waals surface area contributed by atoms with Crippen LogP contribution >= 0.6 is 0 Å². The highest BCUT2D eigenvalue weighted by atomic mass is 32.2. The summed E-state index contributed by atoms with van der Waals surface area (Å²) in [5.41, 5.74) is 1.75. The van der Waals surface area contributed by atoms with Crippen molar-refractivity contribution in [2.24, 2.45) is 0 Å². The van der Waals surface area contributed by atoms with Gasteiger partial charge in [0.2, 0.25) is 21.8 Å². The minimum Gasteiger partial charge on any atom is -0.419 e. The Hall–Kier alpha value is -2.58. The van der Waals surface area contributed by atoms with Gasteiger partial charge in [0.15, 0.2) is 0 Å². The molecule has 24 heavy (non-hydrogen) atoms. The molecule has 7 nitrogen and oxygen atoms in total. The highest BCUT2D eigenvalue weighted by Gasteiger charge is 2.16. The molecular formula is C16H16N4O3S. The molecule has 3 rings (SSSR count). The quantitative estimate of drug-likeness (QED) is 0.736. The SMILES string of the molecule is CCc1ccc(S(=O)(=O)NCc2nnc(-c3cccnc3)o2)cc1. The first kappa shape index (κ1) is 16.3. The molecule has 1 N–H and O–H groups in total. The van der Waals surface area contributed by atoms with E-state index in [9.17, 15) is 8.42 Å². The van der Waals surface area contributed by atoms with Crippen LogP contribution in [0.2, 0.25) is 0 Å². The fourth-order valence-electron chi connectivity index (χ4n) is 2.08. The van der Waals surface area contributed by atoms with Gasteiger partial charge in [-0.05, 0) is 36.2 Å². The smallest absolute Gasteiger partial charge is 0.249 e. The number of rotatable bonds is 6. The van der Waals surface area contributed by atoms with E-state index in [-0.39, 0.29) is 17.3 Å². The molecule has 0 atom stereocenters. The van der Waals surface area contributed by atoms with E-state index in [4.69, 9.17) is 4.42 Å². The van der Waals surface area contributed by atoms with E-state index in [1.165, 1.54) is 0 Å². The van der Waals surface area contributed by atoms with Crippen LogP contribution in [0.3, 0.4) is 0 Å². The summed E-state index contributed by atoms with van der Waals surface area (Å²) >= 11 is 0. The number of sulfonamides is 1. The summed E-state index contributed by atoms with van der Waals surface area (Å²) in [4.78, 5) is 4.17. The number of benzene rings is 1. The lowest BCUT2D eigenvalue weighted by molar-refractivity contribution is 0.494. The van der Waals surface area contributed by atoms with Crippen LogP contribution in [0.25, 0.3) is 11.5 Å². The first-order valence-corrected chi connectivity index (χ1v) is 8.88. The van der Waals surface area contributed by atoms with Crippen LogP contribution in [0.4, 0.5) is 0 Å². The largest absolute Gasteiger partial charge is 0.419 e. The van der Waals surface area contributed by atoms with Crippen LogP contribution in [0, 0.1) is 0 Å². The van der Waals surface area contributed by atoms with Crippen LogP contribution in [-0.4, -0.2) is 23.6 Å². The van der Waals surface area contributed by atoms with E-state index in [1.54, 1.807) is 48.8 Å². The maximum Gasteiger partial charge on any atom is 0.249 e. The molecule has 0 spiro atoms. The topological polar surface area (TPSA) is 98.0 Å². The number of nitrogens with zero attached hydrogens (tertiary/aromatic N) is 3. The van der Waals surface area contributed by atoms with E-state index in [0.29, 0.717) is 11.5 Å². The lowest BCUT2D eigenvalue weighted by atomic mass is 10.2. The van der Waals surface area contributed by atoms with E-state index in [1.807, 2.05) is 6.92 Å². The highest BCUT2D eigenvalue weighted by molar-refractivity contribution is 7.89. The summed E-state index contributed by atoms with van der Waals surface area (Å²) in [6, 6.07) is 10.3. The summed E-state index contributed by atoms with van der Waals surface area (Å²) in [6.45, 7) is 1.93. The summed E-state index contributed by atoms with van der Waals surface area (Å²) in [5.74, 6) is 0.479. The van der Waals surface area contributed by atoms with Gasteiger partial charge in [-0.15, -0.1) is 10.2 Å². The molecule has 8 heteroatoms. The molecule has 2 aromatic heterocycles. The monoisotopic (exact) mass is 344 g/mol. The van der Waals surface area contributed by atoms with Gasteiger partial charge in [-0.25, -0.2) is 13.1 Å². The second-order valence-electron chi connectivity index (χ2n) is 5.06. The molecule has 2 heterocycles. The number of hydrogen-bond donors (Lipinski definition) is 1. The summed E-state index contributed by atoms with van der Waals surface area (Å²) in [5, 5.41) is 7.74. The van der Waals surface area contributed by atoms with Crippen LogP contribution in [-0.2, 0) is 23.0 Å². The Morgan fingerprint density at radius 1 is 1.12 bits per heavy atom. The van der Waals surface area contributed by atoms with Gasteiger partial charge < -0.3 is 4.42 Å². The fourth-order valence-corrected chi connectivity index (χ4v) is 3.05. The Balaban J connectivity index is 1.69. The molecule has 1 aromatic carbocycles. The molecule has 0 aliphatic rings. The van der Waals surface area contributed by atoms with Crippen molar-refractivity contribution in [3.63, 3.8) is 0 Å². The Kier molecular flexibility index (Phi) is 4.68. The number of hydrogen-bond acceptors (Lipinski definition) is 6. The van der Waals surface area contributed by atoms with Crippen molar-refractivity contribution in [2.45, 2.75) is 24.8 Å². The molecular weight excluding hydrogens is 328 g/mol. The molecule has 0 unspecified atom stereocenters. The van der Waals surface area contributed by atoms with Crippen molar-refractivity contribution in [1.82, 2.24) is 19.9 Å². The lowest BCUT2D eigenvalue weighted by Crippen LogP contribution is -2.23. The van der Waals surface area contributed by atoms with Gasteiger partial charge in [-0.3, -0.25) is 4.98 Å². The van der Waals surface area contributed by atoms with Gasteiger partial charge in [0.25, 0.3) is 0 Å². The third-order valence-corrected chi connectivity index (χ3v) is 4.85. The first-order valence-electron chi connectivity index (χ1n) is 7.40. The van der Waals surface area contributed by atoms with Crippen LogP contribution in [0.1, 0.15) is 18.4 Å². The second kappa shape index (κ2) is 6.90. The Morgan fingerprint density at radius 2 is 1.92 bits per heavy atom. The first-order chi connectivity index (χ1) is 11.6. The zero-order chi connectivity index (χ0) is 17.0. The molecule has 3 aromatic rings. The molecule has 0 fully saturated rings. The van der Waals surface area contributed by atoms with Crippen molar-refractivity contribution in [3.05, 3.63) is 60.2 Å². The van der Waals surface area contributed by atoms with Crippen LogP contribution in [0.15, 0.2) is 58.1 Å². The van der Waals surface area contributed by atoms with E-state index in [0.717, 1.165) is 12.0 Å². The predicted octanol–water partition coefficient (Wildman–Crippen LogP) is 2.17. The molecule has 0 aliphatic carbocycles. The average Bonchev–Trinajstić information content (AvgIpc) is 3.10. The standard InChI is InChI=1S/C16H16N4O3S/c1-2-12-5-7-14(8-6-12)24(21,22)18-11-15-19-20-16(23-15)13-4-3-9-17-10-13/h3-10,18H,2,11H2,1H3. The maximum absolute atomic E-state index is 12.3. The molecule has 0 radical (unpaired) electrons. The molecule has 124 valence electrons. The van der Waals surface area contributed by atoms with E-state index < -0.39 is 10.0 Å². The van der Waals surface area contributed by atoms with Crippen molar-refractivity contribution in [3.8, 4) is 11.5 Å². The minimum atomic E-state index is -3.63. The van der Waals surface area contributed by atoms with Gasteiger partial charge in [0.1, 0.15) is 0 Å². The van der Waals surface area contributed by atoms with E-state index in [2.05, 4.69) is 19.9 Å². The Bertz CT molecular complexity index is 906. The molecule has 0 bridgehead atoms. The molecule has 0 saturated carbocycles. The van der Waals surface area contributed by atoms with Gasteiger partial charge in [0.05, 0.1) is 17.0 Å². The molecule has 0 saturated heterocycles. The summed E-state index contributed by atoms with van der Waals surface area (Å²) in [7, 11) is -3.63. The zero-order valence-corrected chi connectivity index (χ0v) is 13.8. The van der Waals surface area contributed by atoms with Crippen molar-refractivity contribution < 1.29 is 12.8 Å². The summed E-state index contributed by atoms with van der Waals surface area (Å²) in [6.07, 6.45) is 4.09. The van der Waals surface area contributed by atoms with Crippen LogP contribution < -0.4 is 4.72 Å². The second-order valence-corrected chi connectivity index (χ2v) is 6.83. The third-order valence-electron chi connectivity index (χ3n) is 3.43. The highest BCUT2D eigenvalue weighted by Crippen LogP contribution is 2.16. The molecule has 0 aliphatic heterocycles. The van der Waals surface area contributed by atoms with Crippen LogP contribution in [0.5, 0.6) is 0 Å². The van der Waals surface area contributed by atoms with Gasteiger partial charge in [0, 0.05) is 12.4 Å². The van der Waals surface area contributed by atoms with E-state index >= 15 is 0 Å². The van der Waals surface area contributed by atoms with Gasteiger partial charge >= 0.3 is 0 Å². The Morgan fingerprint density at radius 3 is 2.58 bits per heavy atom. The number of aromatic nitrogens is 3. The average molecular weight is 344 g/mol. The number of pyridine rings is 1. The summed E-state index contributed by atoms with van der Waals surface area (Å²) < 4.78 is 32.4. The zero-order valence-electron chi connectivity index (χ0n) is 13.0. The van der Waals surface area contributed by atoms with Crippen molar-refractivity contribution in [1.29, 1.82) is 0 Å². The lowest BCUT2D eigenvalue weighted by Gasteiger charge is -2.05. The van der Waals surface area contributed by atoms with Crippen molar-refractivity contribution >= 4 is 10.0 Å². The third kappa shape index (κ3) is 3.66. The van der Waals surface area contributed by atoms with Crippen molar-refractivity contribution in [2.75, 3.05) is 0 Å². The number of aryl methyl sites for hydroxylation is 1. The number of nitrogens with one attached hydrogen (secondary N) is 1. The predicted molar refractivity (Wildman–Crippen MR) is 87.4 cm³/mol. The fraction of sp³-hybridized carbons (Fsp3) is 0.188.